The number of rotatable bonds is 7. The Morgan fingerprint density at radius 3 is 2.68 bits per heavy atom. The maximum absolute atomic E-state index is 11.5. The number of anilines is 1. The third-order valence-electron chi connectivity index (χ3n) is 5.36. The van der Waals surface area contributed by atoms with Crippen LogP contribution in [0.25, 0.3) is 0 Å². The highest BCUT2D eigenvalue weighted by molar-refractivity contribution is 6.31. The monoisotopic (exact) mass is 447 g/mol. The predicted octanol–water partition coefficient (Wildman–Crippen LogP) is 3.83. The Bertz CT molecular complexity index is 974. The van der Waals surface area contributed by atoms with Gasteiger partial charge in [0.05, 0.1) is 12.2 Å². The minimum absolute atomic E-state index is 0.00758. The number of hydrogen-bond donors (Lipinski definition) is 4. The molecule has 3 rings (SSSR count). The molecule has 0 aliphatic carbocycles. The Morgan fingerprint density at radius 1 is 1.39 bits per heavy atom. The largest absolute Gasteiger partial charge is 0.506 e. The number of likely N-dealkylation sites (tertiary alicyclic amines) is 1. The number of carbonyl (C=O) groups is 1. The van der Waals surface area contributed by atoms with E-state index in [4.69, 9.17) is 16.0 Å². The van der Waals surface area contributed by atoms with Crippen LogP contribution >= 0.6 is 11.6 Å². The van der Waals surface area contributed by atoms with E-state index in [-0.39, 0.29) is 23.1 Å². The molecule has 168 valence electrons. The van der Waals surface area contributed by atoms with Crippen molar-refractivity contribution in [3.63, 3.8) is 0 Å². The second-order valence-corrected chi connectivity index (χ2v) is 9.33. The molecule has 1 amide bonds. The normalized spacial score (nSPS) is 15.5. The van der Waals surface area contributed by atoms with Crippen LogP contribution in [0.3, 0.4) is 0 Å². The van der Waals surface area contributed by atoms with E-state index >= 15 is 0 Å². The number of nitrogens with zero attached hydrogens (tertiary/aromatic N) is 1. The topological polar surface area (TPSA) is 98.0 Å². The van der Waals surface area contributed by atoms with Gasteiger partial charge in [-0.15, -0.1) is 0 Å². The molecule has 0 saturated carbocycles. The molecule has 1 aromatic carbocycles. The van der Waals surface area contributed by atoms with Gasteiger partial charge in [0.25, 0.3) is 0 Å². The van der Waals surface area contributed by atoms with Gasteiger partial charge in [-0.25, -0.2) is 0 Å². The number of nitrogens with one attached hydrogen (secondary N) is 2. The quantitative estimate of drug-likeness (QED) is 0.292. The summed E-state index contributed by atoms with van der Waals surface area (Å²) in [5.74, 6) is 1.00. The first-order valence-corrected chi connectivity index (χ1v) is 10.6. The van der Waals surface area contributed by atoms with Gasteiger partial charge in [-0.2, -0.15) is 0 Å². The molecule has 2 heterocycles. The lowest BCUT2D eigenvalue weighted by atomic mass is 9.86. The van der Waals surface area contributed by atoms with Gasteiger partial charge in [-0.05, 0) is 41.7 Å². The van der Waals surface area contributed by atoms with E-state index in [1.165, 1.54) is 12.1 Å². The molecule has 7 nitrogen and oxygen atoms in total. The molecule has 2 aromatic rings. The van der Waals surface area contributed by atoms with Crippen molar-refractivity contribution in [2.45, 2.75) is 51.9 Å². The molecule has 0 bridgehead atoms. The highest BCUT2D eigenvalue weighted by Gasteiger charge is 2.31. The van der Waals surface area contributed by atoms with Gasteiger partial charge in [0.2, 0.25) is 5.91 Å². The van der Waals surface area contributed by atoms with Crippen molar-refractivity contribution in [2.24, 2.45) is 0 Å². The molecule has 4 N–H and O–H groups in total. The second kappa shape index (κ2) is 8.94. The van der Waals surface area contributed by atoms with E-state index in [0.717, 1.165) is 11.1 Å². The Kier molecular flexibility index (Phi) is 6.69. The summed E-state index contributed by atoms with van der Waals surface area (Å²) >= 11 is 6.29. The number of halogens is 1. The number of phenols is 1. The molecule has 0 spiro atoms. The van der Waals surface area contributed by atoms with Crippen LogP contribution in [0.2, 0.25) is 5.02 Å². The Hall–Kier alpha value is -2.48. The number of benzene rings is 1. The van der Waals surface area contributed by atoms with Crippen molar-refractivity contribution in [3.05, 3.63) is 58.5 Å². The van der Waals surface area contributed by atoms with E-state index < -0.39 is 6.23 Å². The second-order valence-electron chi connectivity index (χ2n) is 8.93. The molecule has 1 unspecified atom stereocenters. The highest BCUT2D eigenvalue weighted by atomic mass is 35.5. The van der Waals surface area contributed by atoms with Crippen LogP contribution in [0.1, 0.15) is 49.6 Å². The van der Waals surface area contributed by atoms with Crippen LogP contribution < -0.4 is 10.6 Å². The molecule has 0 radical (unpaired) electrons. The number of carbonyl (C=O) groups excluding carboxylic acids is 1. The Balaban J connectivity index is 1.63. The smallest absolute Gasteiger partial charge is 0.246 e. The number of hydrogen-bond acceptors (Lipinski definition) is 6. The summed E-state index contributed by atoms with van der Waals surface area (Å²) in [5, 5.41) is 27.5. The summed E-state index contributed by atoms with van der Waals surface area (Å²) in [6.45, 7) is 12.9. The Morgan fingerprint density at radius 2 is 2.06 bits per heavy atom. The fraction of sp³-hybridized carbons (Fsp3) is 0.435. The van der Waals surface area contributed by atoms with Gasteiger partial charge >= 0.3 is 0 Å². The van der Waals surface area contributed by atoms with Gasteiger partial charge in [0, 0.05) is 30.2 Å². The van der Waals surface area contributed by atoms with Gasteiger partial charge < -0.3 is 24.8 Å². The zero-order valence-electron chi connectivity index (χ0n) is 18.3. The summed E-state index contributed by atoms with van der Waals surface area (Å²) in [6.07, 6.45) is 0.307. The van der Waals surface area contributed by atoms with Crippen LogP contribution in [-0.2, 0) is 16.8 Å². The highest BCUT2D eigenvalue weighted by Crippen LogP contribution is 2.37. The maximum atomic E-state index is 11.5. The number of amides is 1. The number of phenolic OH excluding ortho intramolecular Hbond substituents is 1. The van der Waals surface area contributed by atoms with Crippen LogP contribution in [0.5, 0.6) is 5.75 Å². The average Bonchev–Trinajstić information content (AvgIpc) is 3.02. The van der Waals surface area contributed by atoms with E-state index in [1.807, 2.05) is 19.1 Å². The van der Waals surface area contributed by atoms with E-state index in [9.17, 15) is 15.0 Å². The maximum Gasteiger partial charge on any atom is 0.246 e. The molecule has 1 aromatic heterocycles. The van der Waals surface area contributed by atoms with E-state index in [0.29, 0.717) is 41.9 Å². The molecule has 1 saturated heterocycles. The zero-order chi connectivity index (χ0) is 22.9. The molecular formula is C23H30ClN3O4. The third kappa shape index (κ3) is 5.23. The van der Waals surface area contributed by atoms with Gasteiger partial charge in [0.1, 0.15) is 11.5 Å². The van der Waals surface area contributed by atoms with Crippen LogP contribution in [0, 0.1) is 6.92 Å². The number of aromatic hydroxyl groups is 1. The molecule has 1 fully saturated rings. The third-order valence-corrected chi connectivity index (χ3v) is 5.68. The minimum atomic E-state index is -0.976. The first-order valence-electron chi connectivity index (χ1n) is 10.2. The van der Waals surface area contributed by atoms with Crippen molar-refractivity contribution in [1.82, 2.24) is 10.2 Å². The number of furan rings is 1. The van der Waals surface area contributed by atoms with Crippen molar-refractivity contribution in [3.8, 4) is 5.75 Å². The SMILES string of the molecule is C=CC(=O)N1CC(NC(O)c2oc(CNc3cc(C(C)(C)C)c(Cl)cc3O)cc2C)C1. The van der Waals surface area contributed by atoms with Gasteiger partial charge in [-0.1, -0.05) is 39.0 Å². The molecule has 1 aliphatic heterocycles. The van der Waals surface area contributed by atoms with Crippen molar-refractivity contribution in [2.75, 3.05) is 18.4 Å². The minimum Gasteiger partial charge on any atom is -0.506 e. The van der Waals surface area contributed by atoms with Crippen molar-refractivity contribution in [1.29, 1.82) is 0 Å². The Labute approximate surface area is 187 Å². The number of aliphatic hydroxyl groups is 1. The van der Waals surface area contributed by atoms with Crippen LogP contribution in [0.15, 0.2) is 35.3 Å². The summed E-state index contributed by atoms with van der Waals surface area (Å²) in [4.78, 5) is 13.2. The van der Waals surface area contributed by atoms with Gasteiger partial charge in [-0.3, -0.25) is 10.1 Å². The summed E-state index contributed by atoms with van der Waals surface area (Å²) in [7, 11) is 0. The van der Waals surface area contributed by atoms with Crippen LogP contribution in [-0.4, -0.2) is 40.2 Å². The standard InChI is InChI=1S/C23H30ClN3O4/c1-6-20(29)27-11-14(12-27)26-22(30)21-13(2)7-15(31-21)10-25-18-8-16(23(3,4)5)17(24)9-19(18)28/h6-9,14,22,25-26,28,30H,1,10-12H2,2-5H3. The molecule has 8 heteroatoms. The molecule has 31 heavy (non-hydrogen) atoms. The van der Waals surface area contributed by atoms with Gasteiger partial charge in [0.15, 0.2) is 12.0 Å². The van der Waals surface area contributed by atoms with Crippen LogP contribution in [0.4, 0.5) is 5.69 Å². The zero-order valence-corrected chi connectivity index (χ0v) is 19.1. The predicted molar refractivity (Wildman–Crippen MR) is 121 cm³/mol. The fourth-order valence-corrected chi connectivity index (χ4v) is 4.02. The first-order chi connectivity index (χ1) is 14.5. The summed E-state index contributed by atoms with van der Waals surface area (Å²) in [5.41, 5.74) is 2.13. The number of aliphatic hydroxyl groups excluding tert-OH is 1. The average molecular weight is 448 g/mol. The lowest BCUT2D eigenvalue weighted by Gasteiger charge is -2.39. The van der Waals surface area contributed by atoms with E-state index in [2.05, 4.69) is 38.0 Å². The molecule has 1 aliphatic rings. The molecule has 1 atom stereocenters. The number of aryl methyl sites for hydroxylation is 1. The van der Waals surface area contributed by atoms with Crippen molar-refractivity contribution < 1.29 is 19.4 Å². The lowest BCUT2D eigenvalue weighted by Crippen LogP contribution is -2.60. The fourth-order valence-electron chi connectivity index (χ4n) is 3.58. The first kappa shape index (κ1) is 23.2. The van der Waals surface area contributed by atoms with E-state index in [1.54, 1.807) is 4.90 Å². The molecular weight excluding hydrogens is 418 g/mol. The lowest BCUT2D eigenvalue weighted by molar-refractivity contribution is -0.131. The summed E-state index contributed by atoms with van der Waals surface area (Å²) in [6, 6.07) is 5.22. The van der Waals surface area contributed by atoms with Crippen molar-refractivity contribution >= 4 is 23.2 Å². The summed E-state index contributed by atoms with van der Waals surface area (Å²) < 4.78 is 5.84.